The maximum absolute atomic E-state index is 5.83. The molecule has 3 heteroatoms. The Bertz CT molecular complexity index is 517. The van der Waals surface area contributed by atoms with Crippen LogP contribution in [0.15, 0.2) is 42.6 Å². The van der Waals surface area contributed by atoms with Crippen molar-refractivity contribution < 1.29 is 4.74 Å². The van der Waals surface area contributed by atoms with E-state index < -0.39 is 0 Å². The third-order valence-corrected chi connectivity index (χ3v) is 2.97. The van der Waals surface area contributed by atoms with Crippen LogP contribution < -0.4 is 10.1 Å². The predicted octanol–water partition coefficient (Wildman–Crippen LogP) is 3.67. The third kappa shape index (κ3) is 3.78. The minimum Gasteiger partial charge on any atom is -0.491 e. The van der Waals surface area contributed by atoms with Gasteiger partial charge < -0.3 is 14.6 Å². The molecule has 0 spiro atoms. The van der Waals surface area contributed by atoms with Gasteiger partial charge in [-0.25, -0.2) is 0 Å². The molecular weight excluding hydrogens is 236 g/mol. The van der Waals surface area contributed by atoms with Gasteiger partial charge >= 0.3 is 0 Å². The average molecular weight is 258 g/mol. The maximum atomic E-state index is 5.83. The van der Waals surface area contributed by atoms with Crippen molar-refractivity contribution in [1.29, 1.82) is 0 Å². The number of aryl methyl sites for hydroxylation is 1. The highest BCUT2D eigenvalue weighted by molar-refractivity contribution is 5.56. The van der Waals surface area contributed by atoms with Crippen molar-refractivity contribution in [2.45, 2.75) is 20.4 Å². The molecule has 3 nitrogen and oxygen atoms in total. The van der Waals surface area contributed by atoms with E-state index in [9.17, 15) is 0 Å². The van der Waals surface area contributed by atoms with E-state index in [1.165, 1.54) is 5.69 Å². The lowest BCUT2D eigenvalue weighted by Gasteiger charge is -2.14. The third-order valence-electron chi connectivity index (χ3n) is 2.97. The van der Waals surface area contributed by atoms with E-state index in [2.05, 4.69) is 55.2 Å². The summed E-state index contributed by atoms with van der Waals surface area (Å²) in [4.78, 5) is 0. The van der Waals surface area contributed by atoms with Crippen molar-refractivity contribution in [3.8, 4) is 5.75 Å². The Kier molecular flexibility index (Phi) is 4.50. The Labute approximate surface area is 115 Å². The number of benzene rings is 1. The molecule has 0 fully saturated rings. The Hall–Kier alpha value is -1.90. The second-order valence-electron chi connectivity index (χ2n) is 5.16. The Balaban J connectivity index is 2.01. The smallest absolute Gasteiger partial charge is 0.142 e. The van der Waals surface area contributed by atoms with Gasteiger partial charge in [-0.2, -0.15) is 0 Å². The van der Waals surface area contributed by atoms with Crippen molar-refractivity contribution in [1.82, 2.24) is 4.57 Å². The molecule has 0 radical (unpaired) electrons. The van der Waals surface area contributed by atoms with E-state index in [-0.39, 0.29) is 0 Å². The van der Waals surface area contributed by atoms with Gasteiger partial charge in [0.2, 0.25) is 0 Å². The van der Waals surface area contributed by atoms with Crippen LogP contribution in [0.5, 0.6) is 5.75 Å². The zero-order valence-corrected chi connectivity index (χ0v) is 11.9. The van der Waals surface area contributed by atoms with Crippen molar-refractivity contribution in [2.75, 3.05) is 11.9 Å². The van der Waals surface area contributed by atoms with Gasteiger partial charge in [0, 0.05) is 18.9 Å². The largest absolute Gasteiger partial charge is 0.491 e. The summed E-state index contributed by atoms with van der Waals surface area (Å²) in [6.07, 6.45) is 2.05. The Morgan fingerprint density at radius 3 is 2.63 bits per heavy atom. The van der Waals surface area contributed by atoms with Crippen molar-refractivity contribution >= 4 is 5.69 Å². The van der Waals surface area contributed by atoms with Gasteiger partial charge in [-0.3, -0.25) is 0 Å². The topological polar surface area (TPSA) is 26.2 Å². The molecule has 102 valence electrons. The summed E-state index contributed by atoms with van der Waals surface area (Å²) in [5.74, 6) is 1.45. The van der Waals surface area contributed by atoms with Gasteiger partial charge in [0.15, 0.2) is 0 Å². The molecule has 0 aliphatic carbocycles. The van der Waals surface area contributed by atoms with E-state index in [1.54, 1.807) is 0 Å². The zero-order valence-electron chi connectivity index (χ0n) is 11.9. The molecule has 0 amide bonds. The Morgan fingerprint density at radius 1 is 1.16 bits per heavy atom. The first-order valence-corrected chi connectivity index (χ1v) is 6.72. The summed E-state index contributed by atoms with van der Waals surface area (Å²) in [6, 6.07) is 12.3. The van der Waals surface area contributed by atoms with E-state index in [4.69, 9.17) is 4.74 Å². The first-order chi connectivity index (χ1) is 9.16. The molecule has 0 aliphatic heterocycles. The second kappa shape index (κ2) is 6.32. The lowest BCUT2D eigenvalue weighted by molar-refractivity contribution is 0.272. The molecule has 0 bridgehead atoms. The van der Waals surface area contributed by atoms with Gasteiger partial charge in [0.25, 0.3) is 0 Å². The van der Waals surface area contributed by atoms with Crippen LogP contribution in [0.3, 0.4) is 0 Å². The van der Waals surface area contributed by atoms with Crippen LogP contribution in [0.1, 0.15) is 19.5 Å². The first kappa shape index (κ1) is 13.5. The number of rotatable bonds is 6. The summed E-state index contributed by atoms with van der Waals surface area (Å²) in [7, 11) is 2.05. The fraction of sp³-hybridized carbons (Fsp3) is 0.375. The number of anilines is 1. The zero-order chi connectivity index (χ0) is 13.7. The fourth-order valence-corrected chi connectivity index (χ4v) is 1.86. The highest BCUT2D eigenvalue weighted by Crippen LogP contribution is 2.24. The van der Waals surface area contributed by atoms with E-state index in [1.807, 2.05) is 18.2 Å². The summed E-state index contributed by atoms with van der Waals surface area (Å²) in [5, 5.41) is 3.43. The second-order valence-corrected chi connectivity index (χ2v) is 5.16. The molecule has 1 heterocycles. The SMILES string of the molecule is CC(C)COc1ccccc1NCc1cccn1C. The van der Waals surface area contributed by atoms with Gasteiger partial charge in [-0.1, -0.05) is 26.0 Å². The summed E-state index contributed by atoms with van der Waals surface area (Å²) >= 11 is 0. The van der Waals surface area contributed by atoms with Crippen LogP contribution in [0, 0.1) is 5.92 Å². The molecule has 2 rings (SSSR count). The van der Waals surface area contributed by atoms with E-state index in [0.717, 1.165) is 24.6 Å². The predicted molar refractivity (Wildman–Crippen MR) is 79.5 cm³/mol. The van der Waals surface area contributed by atoms with Crippen molar-refractivity contribution in [2.24, 2.45) is 13.0 Å². The van der Waals surface area contributed by atoms with Gasteiger partial charge in [0.1, 0.15) is 5.75 Å². The lowest BCUT2D eigenvalue weighted by Crippen LogP contribution is -2.08. The number of hydrogen-bond donors (Lipinski definition) is 1. The number of ether oxygens (including phenoxy) is 1. The minimum absolute atomic E-state index is 0.529. The minimum atomic E-state index is 0.529. The molecule has 1 aromatic carbocycles. The molecule has 2 aromatic rings. The molecule has 0 unspecified atom stereocenters. The van der Waals surface area contributed by atoms with Crippen LogP contribution in [-0.2, 0) is 13.6 Å². The number of nitrogens with one attached hydrogen (secondary N) is 1. The molecule has 19 heavy (non-hydrogen) atoms. The van der Waals surface area contributed by atoms with E-state index in [0.29, 0.717) is 5.92 Å². The Morgan fingerprint density at radius 2 is 1.95 bits per heavy atom. The molecule has 1 aromatic heterocycles. The number of nitrogens with zero attached hydrogens (tertiary/aromatic N) is 1. The maximum Gasteiger partial charge on any atom is 0.142 e. The number of aromatic nitrogens is 1. The normalized spacial score (nSPS) is 10.7. The van der Waals surface area contributed by atoms with E-state index >= 15 is 0 Å². The molecule has 0 saturated carbocycles. The van der Waals surface area contributed by atoms with Crippen LogP contribution in [0.2, 0.25) is 0 Å². The monoisotopic (exact) mass is 258 g/mol. The van der Waals surface area contributed by atoms with Gasteiger partial charge in [-0.15, -0.1) is 0 Å². The molecule has 1 N–H and O–H groups in total. The van der Waals surface area contributed by atoms with Crippen LogP contribution in [0.25, 0.3) is 0 Å². The number of para-hydroxylation sites is 2. The lowest BCUT2D eigenvalue weighted by atomic mass is 10.2. The fourth-order valence-electron chi connectivity index (χ4n) is 1.86. The summed E-state index contributed by atoms with van der Waals surface area (Å²) < 4.78 is 7.95. The highest BCUT2D eigenvalue weighted by atomic mass is 16.5. The molecule has 0 atom stereocenters. The first-order valence-electron chi connectivity index (χ1n) is 6.72. The quantitative estimate of drug-likeness (QED) is 0.855. The highest BCUT2D eigenvalue weighted by Gasteiger charge is 2.04. The average Bonchev–Trinajstić information content (AvgIpc) is 2.80. The van der Waals surface area contributed by atoms with Crippen LogP contribution >= 0.6 is 0 Å². The van der Waals surface area contributed by atoms with Gasteiger partial charge in [-0.05, 0) is 30.2 Å². The van der Waals surface area contributed by atoms with Crippen LogP contribution in [-0.4, -0.2) is 11.2 Å². The standard InChI is InChI=1S/C16H22N2O/c1-13(2)12-19-16-9-5-4-8-15(16)17-11-14-7-6-10-18(14)3/h4-10,13,17H,11-12H2,1-3H3. The summed E-state index contributed by atoms with van der Waals surface area (Å²) in [5.41, 5.74) is 2.29. The molecular formula is C16H22N2O. The van der Waals surface area contributed by atoms with Crippen LogP contribution in [0.4, 0.5) is 5.69 Å². The summed E-state index contributed by atoms with van der Waals surface area (Å²) in [6.45, 7) is 5.84. The van der Waals surface area contributed by atoms with Crippen molar-refractivity contribution in [3.63, 3.8) is 0 Å². The molecule has 0 aliphatic rings. The number of hydrogen-bond acceptors (Lipinski definition) is 2. The van der Waals surface area contributed by atoms with Crippen molar-refractivity contribution in [3.05, 3.63) is 48.3 Å². The molecule has 0 saturated heterocycles. The van der Waals surface area contributed by atoms with Gasteiger partial charge in [0.05, 0.1) is 18.8 Å².